The smallest absolute Gasteiger partial charge is 0.258 e. The Kier molecular flexibility index (Phi) is 6.64. The minimum Gasteiger partial charge on any atom is -0.322 e. The van der Waals surface area contributed by atoms with E-state index >= 15 is 0 Å². The van der Waals surface area contributed by atoms with E-state index in [1.165, 1.54) is 11.3 Å². The molecule has 156 valence electrons. The van der Waals surface area contributed by atoms with Crippen molar-refractivity contribution in [1.82, 2.24) is 4.98 Å². The number of thiazole rings is 1. The zero-order valence-electron chi connectivity index (χ0n) is 15.4. The van der Waals surface area contributed by atoms with Gasteiger partial charge in [-0.05, 0) is 54.6 Å². The summed E-state index contributed by atoms with van der Waals surface area (Å²) in [7, 11) is 0. The first-order valence-corrected chi connectivity index (χ1v) is 11.9. The van der Waals surface area contributed by atoms with Crippen molar-refractivity contribution in [2.45, 2.75) is 0 Å². The van der Waals surface area contributed by atoms with Crippen molar-refractivity contribution in [3.63, 3.8) is 0 Å². The molecule has 1 aromatic heterocycles. The Morgan fingerprint density at radius 1 is 0.806 bits per heavy atom. The number of nitrogens with one attached hydrogen (secondary N) is 2. The highest BCUT2D eigenvalue weighted by molar-refractivity contribution is 9.10. The van der Waals surface area contributed by atoms with Crippen molar-refractivity contribution < 1.29 is 9.59 Å². The van der Waals surface area contributed by atoms with Crippen molar-refractivity contribution in [3.05, 3.63) is 84.7 Å². The van der Waals surface area contributed by atoms with Gasteiger partial charge in [0.25, 0.3) is 11.8 Å². The van der Waals surface area contributed by atoms with Gasteiger partial charge in [0.05, 0.1) is 31.4 Å². The average molecular weight is 600 g/mol. The number of nitrogens with zero attached hydrogens (tertiary/aromatic N) is 1. The molecular weight excluding hydrogens is 589 g/mol. The van der Waals surface area contributed by atoms with Gasteiger partial charge in [-0.25, -0.2) is 4.98 Å². The predicted molar refractivity (Wildman–Crippen MR) is 134 cm³/mol. The molecule has 0 saturated heterocycles. The third-order valence-electron chi connectivity index (χ3n) is 4.21. The fourth-order valence-corrected chi connectivity index (χ4v) is 4.79. The SMILES string of the molecule is O=C(Nc1ccc2nc(NC(=O)c3cc(Br)ccc3Cl)sc2c1)c1cc(Br)ccc1Cl. The molecular formula is C21H11Br2Cl2N3O2S. The molecule has 0 unspecified atom stereocenters. The van der Waals surface area contributed by atoms with Gasteiger partial charge in [-0.15, -0.1) is 0 Å². The Balaban J connectivity index is 1.54. The van der Waals surface area contributed by atoms with Gasteiger partial charge in [0.1, 0.15) is 0 Å². The van der Waals surface area contributed by atoms with Crippen LogP contribution in [0.3, 0.4) is 0 Å². The fraction of sp³-hybridized carbons (Fsp3) is 0. The molecule has 5 nitrogen and oxygen atoms in total. The van der Waals surface area contributed by atoms with Crippen LogP contribution in [0.5, 0.6) is 0 Å². The summed E-state index contributed by atoms with van der Waals surface area (Å²) in [5, 5.41) is 6.73. The van der Waals surface area contributed by atoms with Crippen LogP contribution in [0, 0.1) is 0 Å². The van der Waals surface area contributed by atoms with E-state index in [1.54, 1.807) is 54.6 Å². The summed E-state index contributed by atoms with van der Waals surface area (Å²) in [5.41, 5.74) is 1.98. The van der Waals surface area contributed by atoms with E-state index in [2.05, 4.69) is 47.5 Å². The molecule has 3 aromatic carbocycles. The number of anilines is 2. The number of amides is 2. The van der Waals surface area contributed by atoms with Crippen molar-refractivity contribution in [2.24, 2.45) is 0 Å². The van der Waals surface area contributed by atoms with Gasteiger partial charge in [-0.2, -0.15) is 0 Å². The summed E-state index contributed by atoms with van der Waals surface area (Å²) in [6, 6.07) is 15.4. The van der Waals surface area contributed by atoms with Crippen molar-refractivity contribution >= 4 is 99.2 Å². The van der Waals surface area contributed by atoms with Gasteiger partial charge in [-0.3, -0.25) is 14.9 Å². The molecule has 10 heteroatoms. The second-order valence-electron chi connectivity index (χ2n) is 6.36. The Bertz CT molecular complexity index is 1280. The molecule has 0 aliphatic carbocycles. The highest BCUT2D eigenvalue weighted by Gasteiger charge is 2.15. The molecule has 2 N–H and O–H groups in total. The summed E-state index contributed by atoms with van der Waals surface area (Å²) in [4.78, 5) is 29.6. The Morgan fingerprint density at radius 2 is 1.39 bits per heavy atom. The number of rotatable bonds is 4. The first-order chi connectivity index (χ1) is 14.8. The minimum absolute atomic E-state index is 0.326. The Labute approximate surface area is 208 Å². The topological polar surface area (TPSA) is 71.1 Å². The Hall–Kier alpha value is -1.97. The summed E-state index contributed by atoms with van der Waals surface area (Å²) < 4.78 is 2.30. The zero-order valence-corrected chi connectivity index (χ0v) is 20.9. The van der Waals surface area contributed by atoms with Crippen molar-refractivity contribution in [3.8, 4) is 0 Å². The van der Waals surface area contributed by atoms with Gasteiger partial charge in [0, 0.05) is 14.6 Å². The number of carbonyl (C=O) groups is 2. The van der Waals surface area contributed by atoms with Crippen LogP contribution in [0.25, 0.3) is 10.2 Å². The number of halogens is 4. The number of carbonyl (C=O) groups excluding carboxylic acids is 2. The molecule has 2 amide bonds. The van der Waals surface area contributed by atoms with E-state index in [0.717, 1.165) is 13.6 Å². The van der Waals surface area contributed by atoms with E-state index in [9.17, 15) is 9.59 Å². The predicted octanol–water partition coefficient (Wildman–Crippen LogP) is 7.63. The van der Waals surface area contributed by atoms with E-state index in [4.69, 9.17) is 23.2 Å². The van der Waals surface area contributed by atoms with Crippen LogP contribution in [0.1, 0.15) is 20.7 Å². The van der Waals surface area contributed by atoms with E-state index in [-0.39, 0.29) is 11.8 Å². The first-order valence-electron chi connectivity index (χ1n) is 8.73. The average Bonchev–Trinajstić information content (AvgIpc) is 3.12. The van der Waals surface area contributed by atoms with Crippen LogP contribution in [0.2, 0.25) is 10.0 Å². The molecule has 1 heterocycles. The number of aromatic nitrogens is 1. The molecule has 0 atom stereocenters. The normalized spacial score (nSPS) is 10.8. The maximum atomic E-state index is 12.6. The molecule has 0 fully saturated rings. The van der Waals surface area contributed by atoms with Crippen LogP contribution < -0.4 is 10.6 Å². The van der Waals surface area contributed by atoms with Crippen LogP contribution >= 0.6 is 66.4 Å². The monoisotopic (exact) mass is 597 g/mol. The minimum atomic E-state index is -0.358. The van der Waals surface area contributed by atoms with E-state index in [0.29, 0.717) is 37.5 Å². The van der Waals surface area contributed by atoms with Gasteiger partial charge in [0.2, 0.25) is 0 Å². The maximum absolute atomic E-state index is 12.6. The van der Waals surface area contributed by atoms with Gasteiger partial charge >= 0.3 is 0 Å². The summed E-state index contributed by atoms with van der Waals surface area (Å²) in [6.07, 6.45) is 0. The third-order valence-corrected chi connectivity index (χ3v) is 6.79. The standard InChI is InChI=1S/C21H11Br2Cl2N3O2S/c22-10-1-4-15(24)13(7-10)19(29)26-12-3-6-17-18(9-12)31-21(27-17)28-20(30)14-8-11(23)2-5-16(14)25/h1-9H,(H,26,29)(H,27,28,30). The number of benzene rings is 3. The van der Waals surface area contributed by atoms with Gasteiger partial charge in [0.15, 0.2) is 5.13 Å². The lowest BCUT2D eigenvalue weighted by atomic mass is 10.2. The maximum Gasteiger partial charge on any atom is 0.258 e. The third kappa shape index (κ3) is 5.10. The molecule has 4 rings (SSSR count). The fourth-order valence-electron chi connectivity index (χ4n) is 2.76. The lowest BCUT2D eigenvalue weighted by Gasteiger charge is -2.07. The van der Waals surface area contributed by atoms with Crippen LogP contribution in [0.15, 0.2) is 63.5 Å². The van der Waals surface area contributed by atoms with Crippen molar-refractivity contribution in [1.29, 1.82) is 0 Å². The zero-order chi connectivity index (χ0) is 22.1. The number of hydrogen-bond acceptors (Lipinski definition) is 4. The summed E-state index contributed by atoms with van der Waals surface area (Å²) in [6.45, 7) is 0. The van der Waals surface area contributed by atoms with Gasteiger partial charge in [-0.1, -0.05) is 66.4 Å². The van der Waals surface area contributed by atoms with E-state index in [1.807, 2.05) is 0 Å². The first kappa shape index (κ1) is 22.2. The molecule has 0 aliphatic heterocycles. The van der Waals surface area contributed by atoms with Crippen LogP contribution in [-0.2, 0) is 0 Å². The van der Waals surface area contributed by atoms with Crippen LogP contribution in [-0.4, -0.2) is 16.8 Å². The summed E-state index contributed by atoms with van der Waals surface area (Å²) >= 11 is 20.2. The van der Waals surface area contributed by atoms with Crippen molar-refractivity contribution in [2.75, 3.05) is 10.6 Å². The van der Waals surface area contributed by atoms with Gasteiger partial charge < -0.3 is 5.32 Å². The lowest BCUT2D eigenvalue weighted by Crippen LogP contribution is -2.12. The molecule has 0 spiro atoms. The molecule has 4 aromatic rings. The summed E-state index contributed by atoms with van der Waals surface area (Å²) in [5.74, 6) is -0.684. The molecule has 0 saturated carbocycles. The Morgan fingerprint density at radius 3 is 2.00 bits per heavy atom. The van der Waals surface area contributed by atoms with Crippen LogP contribution in [0.4, 0.5) is 10.8 Å². The molecule has 31 heavy (non-hydrogen) atoms. The lowest BCUT2D eigenvalue weighted by molar-refractivity contribution is 0.101. The van der Waals surface area contributed by atoms with E-state index < -0.39 is 0 Å². The highest BCUT2D eigenvalue weighted by Crippen LogP contribution is 2.30. The molecule has 0 radical (unpaired) electrons. The second kappa shape index (κ2) is 9.26. The number of hydrogen-bond donors (Lipinski definition) is 2. The quantitative estimate of drug-likeness (QED) is 0.253. The highest BCUT2D eigenvalue weighted by atomic mass is 79.9. The molecule has 0 bridgehead atoms. The second-order valence-corrected chi connectivity index (χ2v) is 10.0. The molecule has 0 aliphatic rings. The number of fused-ring (bicyclic) bond motifs is 1. The largest absolute Gasteiger partial charge is 0.322 e.